The summed E-state index contributed by atoms with van der Waals surface area (Å²) in [5.41, 5.74) is 0. The third-order valence-corrected chi connectivity index (χ3v) is 5.36. The minimum Gasteiger partial charge on any atom is -0.395 e. The first-order chi connectivity index (χ1) is 8.86. The second kappa shape index (κ2) is 5.15. The van der Waals surface area contributed by atoms with Crippen LogP contribution in [0.15, 0.2) is 23.1 Å². The molecule has 0 radical (unpaired) electrons. The van der Waals surface area contributed by atoms with E-state index in [-0.39, 0.29) is 19.1 Å². The molecule has 2 unspecified atom stereocenters. The molecule has 4 nitrogen and oxygen atoms in total. The molecule has 0 bridgehead atoms. The third kappa shape index (κ3) is 2.63. The lowest BCUT2D eigenvalue weighted by Crippen LogP contribution is -2.39. The van der Waals surface area contributed by atoms with Crippen LogP contribution in [-0.4, -0.2) is 37.0 Å². The van der Waals surface area contributed by atoms with Gasteiger partial charge in [-0.15, -0.1) is 0 Å². The highest BCUT2D eigenvalue weighted by Crippen LogP contribution is 2.30. The summed E-state index contributed by atoms with van der Waals surface area (Å²) in [4.78, 5) is -0.419. The minimum atomic E-state index is -3.98. The number of aliphatic hydroxyl groups is 1. The van der Waals surface area contributed by atoms with Crippen LogP contribution < -0.4 is 0 Å². The monoisotopic (exact) mass is 291 g/mol. The molecule has 0 aromatic heterocycles. The Balaban J connectivity index is 2.42. The highest BCUT2D eigenvalue weighted by Gasteiger charge is 2.39. The summed E-state index contributed by atoms with van der Waals surface area (Å²) in [6, 6.07) is 1.65. The van der Waals surface area contributed by atoms with Crippen molar-refractivity contribution in [2.24, 2.45) is 5.92 Å². The second-order valence-corrected chi connectivity index (χ2v) is 6.63. The van der Waals surface area contributed by atoms with Gasteiger partial charge in [-0.2, -0.15) is 4.31 Å². The van der Waals surface area contributed by atoms with E-state index in [4.69, 9.17) is 0 Å². The van der Waals surface area contributed by atoms with Crippen LogP contribution in [-0.2, 0) is 10.0 Å². The fraction of sp³-hybridized carbons (Fsp3) is 0.500. The number of nitrogens with zero attached hydrogens (tertiary/aromatic N) is 1. The van der Waals surface area contributed by atoms with Crippen LogP contribution in [0, 0.1) is 17.6 Å². The van der Waals surface area contributed by atoms with Crippen LogP contribution in [0.3, 0.4) is 0 Å². The molecule has 1 aromatic rings. The van der Waals surface area contributed by atoms with Gasteiger partial charge in [-0.05, 0) is 24.5 Å². The average Bonchev–Trinajstić information content (AvgIpc) is 2.69. The Kier molecular flexibility index (Phi) is 3.89. The van der Waals surface area contributed by atoms with Gasteiger partial charge in [0.1, 0.15) is 11.6 Å². The Labute approximate surface area is 110 Å². The lowest BCUT2D eigenvalue weighted by Gasteiger charge is -2.24. The van der Waals surface area contributed by atoms with Crippen molar-refractivity contribution >= 4 is 10.0 Å². The Bertz CT molecular complexity index is 556. The van der Waals surface area contributed by atoms with Crippen LogP contribution >= 0.6 is 0 Å². The van der Waals surface area contributed by atoms with E-state index >= 15 is 0 Å². The summed E-state index contributed by atoms with van der Waals surface area (Å²) in [7, 11) is -3.98. The average molecular weight is 291 g/mol. The van der Waals surface area contributed by atoms with E-state index in [1.807, 2.05) is 6.92 Å². The molecule has 1 heterocycles. The molecule has 0 amide bonds. The summed E-state index contributed by atoms with van der Waals surface area (Å²) in [6.45, 7) is 1.77. The minimum absolute atomic E-state index is 0.0122. The van der Waals surface area contributed by atoms with Crippen molar-refractivity contribution in [3.8, 4) is 0 Å². The van der Waals surface area contributed by atoms with E-state index in [0.717, 1.165) is 16.4 Å². The SMILES string of the molecule is CC1CCN(S(=O)(=O)c2cc(F)cc(F)c2)C1CO. The number of rotatable bonds is 3. The molecule has 1 fully saturated rings. The lowest BCUT2D eigenvalue weighted by molar-refractivity contribution is 0.191. The standard InChI is InChI=1S/C12H15F2NO3S/c1-8-2-3-15(12(8)7-16)19(17,18)11-5-9(13)4-10(14)6-11/h4-6,8,12,16H,2-3,7H2,1H3. The van der Waals surface area contributed by atoms with Crippen molar-refractivity contribution in [2.45, 2.75) is 24.3 Å². The Morgan fingerprint density at radius 2 is 1.89 bits per heavy atom. The molecule has 0 aliphatic carbocycles. The van der Waals surface area contributed by atoms with Crippen LogP contribution in [0.25, 0.3) is 0 Å². The van der Waals surface area contributed by atoms with E-state index in [1.54, 1.807) is 0 Å². The maximum Gasteiger partial charge on any atom is 0.243 e. The molecule has 2 atom stereocenters. The molecule has 1 aromatic carbocycles. The van der Waals surface area contributed by atoms with Crippen molar-refractivity contribution in [3.63, 3.8) is 0 Å². The van der Waals surface area contributed by atoms with Gasteiger partial charge in [-0.3, -0.25) is 0 Å². The largest absolute Gasteiger partial charge is 0.395 e. The molecule has 2 rings (SSSR count). The molecular weight excluding hydrogens is 276 g/mol. The van der Waals surface area contributed by atoms with Crippen molar-refractivity contribution in [1.29, 1.82) is 0 Å². The van der Waals surface area contributed by atoms with Gasteiger partial charge in [0.05, 0.1) is 17.5 Å². The van der Waals surface area contributed by atoms with E-state index in [1.165, 1.54) is 0 Å². The number of aliphatic hydroxyl groups excluding tert-OH is 1. The van der Waals surface area contributed by atoms with Crippen LogP contribution in [0.1, 0.15) is 13.3 Å². The van der Waals surface area contributed by atoms with Gasteiger partial charge in [-0.25, -0.2) is 17.2 Å². The van der Waals surface area contributed by atoms with E-state index < -0.39 is 32.6 Å². The van der Waals surface area contributed by atoms with Crippen molar-refractivity contribution < 1.29 is 22.3 Å². The third-order valence-electron chi connectivity index (χ3n) is 3.46. The molecule has 1 saturated heterocycles. The molecule has 0 saturated carbocycles. The fourth-order valence-corrected chi connectivity index (χ4v) is 4.13. The van der Waals surface area contributed by atoms with Gasteiger partial charge >= 0.3 is 0 Å². The second-order valence-electron chi connectivity index (χ2n) is 4.74. The van der Waals surface area contributed by atoms with E-state index in [2.05, 4.69) is 0 Å². The summed E-state index contributed by atoms with van der Waals surface area (Å²) in [5.74, 6) is -1.86. The highest BCUT2D eigenvalue weighted by molar-refractivity contribution is 7.89. The van der Waals surface area contributed by atoms with Crippen molar-refractivity contribution in [3.05, 3.63) is 29.8 Å². The topological polar surface area (TPSA) is 57.6 Å². The van der Waals surface area contributed by atoms with Crippen molar-refractivity contribution in [1.82, 2.24) is 4.31 Å². The number of sulfonamides is 1. The molecule has 1 aliphatic heterocycles. The van der Waals surface area contributed by atoms with Gasteiger partial charge in [0.25, 0.3) is 0 Å². The quantitative estimate of drug-likeness (QED) is 0.914. The van der Waals surface area contributed by atoms with Gasteiger partial charge in [-0.1, -0.05) is 6.92 Å². The summed E-state index contributed by atoms with van der Waals surface area (Å²) in [5, 5.41) is 9.27. The smallest absolute Gasteiger partial charge is 0.243 e. The number of benzene rings is 1. The Morgan fingerprint density at radius 3 is 2.42 bits per heavy atom. The zero-order valence-electron chi connectivity index (χ0n) is 10.4. The predicted octanol–water partition coefficient (Wildman–Crippen LogP) is 1.36. The van der Waals surface area contributed by atoms with Crippen LogP contribution in [0.5, 0.6) is 0 Å². The van der Waals surface area contributed by atoms with Crippen LogP contribution in [0.4, 0.5) is 8.78 Å². The molecular formula is C12H15F2NO3S. The molecule has 7 heteroatoms. The van der Waals surface area contributed by atoms with Gasteiger partial charge in [0.15, 0.2) is 0 Å². The zero-order valence-corrected chi connectivity index (χ0v) is 11.2. The molecule has 1 aliphatic rings. The number of hydrogen-bond donors (Lipinski definition) is 1. The molecule has 1 N–H and O–H groups in total. The molecule has 0 spiro atoms. The van der Waals surface area contributed by atoms with Crippen molar-refractivity contribution in [2.75, 3.05) is 13.2 Å². The lowest BCUT2D eigenvalue weighted by atomic mass is 10.0. The maximum atomic E-state index is 13.1. The number of halogens is 2. The predicted molar refractivity (Wildman–Crippen MR) is 64.9 cm³/mol. The first-order valence-electron chi connectivity index (χ1n) is 5.95. The first kappa shape index (κ1) is 14.4. The van der Waals surface area contributed by atoms with E-state index in [0.29, 0.717) is 12.5 Å². The summed E-state index contributed by atoms with van der Waals surface area (Å²) < 4.78 is 52.0. The zero-order chi connectivity index (χ0) is 14.2. The highest BCUT2D eigenvalue weighted by atomic mass is 32.2. The molecule has 106 valence electrons. The number of hydrogen-bond acceptors (Lipinski definition) is 3. The Morgan fingerprint density at radius 1 is 1.32 bits per heavy atom. The maximum absolute atomic E-state index is 13.1. The van der Waals surface area contributed by atoms with Crippen LogP contribution in [0.2, 0.25) is 0 Å². The Hall–Kier alpha value is -1.05. The van der Waals surface area contributed by atoms with Gasteiger partial charge in [0, 0.05) is 12.6 Å². The fourth-order valence-electron chi connectivity index (χ4n) is 2.36. The van der Waals surface area contributed by atoms with Gasteiger partial charge in [0.2, 0.25) is 10.0 Å². The first-order valence-corrected chi connectivity index (χ1v) is 7.39. The summed E-state index contributed by atoms with van der Waals surface area (Å²) >= 11 is 0. The normalized spacial score (nSPS) is 24.8. The van der Waals surface area contributed by atoms with E-state index in [9.17, 15) is 22.3 Å². The molecule has 19 heavy (non-hydrogen) atoms. The van der Waals surface area contributed by atoms with Gasteiger partial charge < -0.3 is 5.11 Å². The summed E-state index contributed by atoms with van der Waals surface area (Å²) in [6.07, 6.45) is 0.613.